The van der Waals surface area contributed by atoms with E-state index < -0.39 is 5.97 Å². The normalized spacial score (nSPS) is 49.3. The van der Waals surface area contributed by atoms with Gasteiger partial charge in [0.05, 0.1) is 5.41 Å². The summed E-state index contributed by atoms with van der Waals surface area (Å²) in [6.07, 6.45) is 2.49. The standard InChI is InChI=1S/C6H8INO2/c7-8-6-1-5(2-6,3-6)4(9)10/h8H,1-3H2,(H,9,10). The molecule has 3 aliphatic rings. The van der Waals surface area contributed by atoms with Crippen molar-refractivity contribution < 1.29 is 9.90 Å². The van der Waals surface area contributed by atoms with Gasteiger partial charge in [0.15, 0.2) is 0 Å². The molecule has 4 heteroatoms. The van der Waals surface area contributed by atoms with Crippen LogP contribution in [-0.2, 0) is 4.79 Å². The molecule has 0 saturated heterocycles. The largest absolute Gasteiger partial charge is 0.481 e. The maximum atomic E-state index is 10.6. The average Bonchev–Trinajstić information content (AvgIpc) is 1.57. The lowest BCUT2D eigenvalue weighted by Gasteiger charge is -2.67. The summed E-state index contributed by atoms with van der Waals surface area (Å²) in [5.41, 5.74) is -0.114. The topological polar surface area (TPSA) is 49.3 Å². The highest BCUT2D eigenvalue weighted by Crippen LogP contribution is 2.67. The van der Waals surface area contributed by atoms with Crippen LogP contribution in [0.3, 0.4) is 0 Å². The van der Waals surface area contributed by atoms with Gasteiger partial charge in [0.1, 0.15) is 0 Å². The van der Waals surface area contributed by atoms with Gasteiger partial charge in [-0.25, -0.2) is 0 Å². The molecule has 0 amide bonds. The minimum absolute atomic E-state index is 0.207. The van der Waals surface area contributed by atoms with Crippen LogP contribution in [0.2, 0.25) is 0 Å². The molecule has 3 rings (SSSR count). The third kappa shape index (κ3) is 0.567. The molecule has 56 valence electrons. The molecule has 10 heavy (non-hydrogen) atoms. The molecule has 0 aliphatic heterocycles. The van der Waals surface area contributed by atoms with Crippen LogP contribution in [0.25, 0.3) is 0 Å². The van der Waals surface area contributed by atoms with Crippen LogP contribution in [0.4, 0.5) is 0 Å². The van der Waals surface area contributed by atoms with E-state index in [2.05, 4.69) is 26.4 Å². The molecule has 0 aromatic rings. The summed E-state index contributed by atoms with van der Waals surface area (Å²) in [5, 5.41) is 8.71. The number of carbonyl (C=O) groups is 1. The number of nitrogens with one attached hydrogen (secondary N) is 1. The molecule has 3 aliphatic carbocycles. The lowest BCUT2D eigenvalue weighted by atomic mass is 9.40. The number of carboxylic acids is 1. The second-order valence-electron chi connectivity index (χ2n) is 3.49. The number of aliphatic carboxylic acids is 1. The van der Waals surface area contributed by atoms with Gasteiger partial charge in [-0.15, -0.1) is 0 Å². The molecule has 0 radical (unpaired) electrons. The highest BCUT2D eigenvalue weighted by Gasteiger charge is 2.71. The Balaban J connectivity index is 2.04. The zero-order valence-corrected chi connectivity index (χ0v) is 7.51. The lowest BCUT2D eigenvalue weighted by Crippen LogP contribution is -2.74. The van der Waals surface area contributed by atoms with Crippen molar-refractivity contribution in [2.45, 2.75) is 24.8 Å². The molecule has 0 heterocycles. The number of rotatable bonds is 2. The Kier molecular flexibility index (Phi) is 1.14. The molecular weight excluding hydrogens is 245 g/mol. The fourth-order valence-corrected chi connectivity index (χ4v) is 2.69. The molecule has 0 spiro atoms. The van der Waals surface area contributed by atoms with Crippen molar-refractivity contribution in [1.82, 2.24) is 3.53 Å². The van der Waals surface area contributed by atoms with Gasteiger partial charge >= 0.3 is 5.97 Å². The summed E-state index contributed by atoms with van der Waals surface area (Å²) in [6.45, 7) is 0. The Labute approximate surface area is 72.7 Å². The van der Waals surface area contributed by atoms with Gasteiger partial charge in [0.2, 0.25) is 0 Å². The Morgan fingerprint density at radius 1 is 1.50 bits per heavy atom. The maximum absolute atomic E-state index is 10.6. The van der Waals surface area contributed by atoms with Crippen LogP contribution in [0.5, 0.6) is 0 Å². The zero-order valence-electron chi connectivity index (χ0n) is 5.35. The Bertz CT molecular complexity index is 184. The summed E-state index contributed by atoms with van der Waals surface area (Å²) in [7, 11) is 0. The molecule has 3 nitrogen and oxygen atoms in total. The first-order valence-electron chi connectivity index (χ1n) is 3.24. The van der Waals surface area contributed by atoms with Crippen molar-refractivity contribution in [3.05, 3.63) is 0 Å². The molecule has 3 saturated carbocycles. The monoisotopic (exact) mass is 253 g/mol. The number of hydrogen-bond donors (Lipinski definition) is 2. The first-order valence-corrected chi connectivity index (χ1v) is 4.32. The molecule has 2 N–H and O–H groups in total. The predicted octanol–water partition coefficient (Wildman–Crippen LogP) is 0.933. The summed E-state index contributed by atoms with van der Waals surface area (Å²) >= 11 is 2.11. The van der Waals surface area contributed by atoms with Crippen molar-refractivity contribution in [2.75, 3.05) is 0 Å². The van der Waals surface area contributed by atoms with E-state index >= 15 is 0 Å². The molecular formula is C6H8INO2. The molecule has 0 unspecified atom stereocenters. The Morgan fingerprint density at radius 2 is 2.00 bits per heavy atom. The summed E-state index contributed by atoms with van der Waals surface area (Å²) in [6, 6.07) is 0. The van der Waals surface area contributed by atoms with Crippen LogP contribution in [0.1, 0.15) is 19.3 Å². The quantitative estimate of drug-likeness (QED) is 0.568. The second-order valence-corrected chi connectivity index (χ2v) is 4.03. The minimum atomic E-state index is -0.610. The number of carboxylic acid groups (broad SMARTS) is 1. The smallest absolute Gasteiger partial charge is 0.309 e. The fraction of sp³-hybridized carbons (Fsp3) is 0.833. The summed E-state index contributed by atoms with van der Waals surface area (Å²) in [4.78, 5) is 10.6. The maximum Gasteiger partial charge on any atom is 0.309 e. The van der Waals surface area contributed by atoms with Crippen molar-refractivity contribution in [3.8, 4) is 0 Å². The van der Waals surface area contributed by atoms with Crippen molar-refractivity contribution in [2.24, 2.45) is 5.41 Å². The second kappa shape index (κ2) is 1.66. The van der Waals surface area contributed by atoms with Gasteiger partial charge in [-0.3, -0.25) is 8.32 Å². The average molecular weight is 253 g/mol. The number of halogens is 1. The van der Waals surface area contributed by atoms with Crippen LogP contribution in [0, 0.1) is 5.41 Å². The van der Waals surface area contributed by atoms with Gasteiger partial charge < -0.3 is 5.11 Å². The SMILES string of the molecule is O=C(O)C12CC(NI)(C1)C2. The molecule has 0 atom stereocenters. The van der Waals surface area contributed by atoms with Gasteiger partial charge in [-0.2, -0.15) is 0 Å². The van der Waals surface area contributed by atoms with Crippen molar-refractivity contribution in [1.29, 1.82) is 0 Å². The van der Waals surface area contributed by atoms with Crippen LogP contribution < -0.4 is 3.53 Å². The Hall–Kier alpha value is 0.160. The molecule has 0 aromatic carbocycles. The molecule has 3 fully saturated rings. The van der Waals surface area contributed by atoms with E-state index in [0.29, 0.717) is 0 Å². The van der Waals surface area contributed by atoms with Crippen LogP contribution >= 0.6 is 22.9 Å². The highest BCUT2D eigenvalue weighted by atomic mass is 127. The van der Waals surface area contributed by atoms with E-state index in [1.807, 2.05) is 0 Å². The molecule has 0 aromatic heterocycles. The third-order valence-electron chi connectivity index (χ3n) is 2.68. The first kappa shape index (κ1) is 6.84. The van der Waals surface area contributed by atoms with Crippen molar-refractivity contribution >= 4 is 28.8 Å². The van der Waals surface area contributed by atoms with E-state index in [1.54, 1.807) is 0 Å². The van der Waals surface area contributed by atoms with Gasteiger partial charge in [-0.1, -0.05) is 0 Å². The van der Waals surface area contributed by atoms with E-state index in [0.717, 1.165) is 19.3 Å². The van der Waals surface area contributed by atoms with Gasteiger partial charge in [0.25, 0.3) is 0 Å². The third-order valence-corrected chi connectivity index (χ3v) is 3.83. The summed E-state index contributed by atoms with van der Waals surface area (Å²) < 4.78 is 3.13. The van der Waals surface area contributed by atoms with E-state index in [1.165, 1.54) is 0 Å². The van der Waals surface area contributed by atoms with E-state index in [-0.39, 0.29) is 11.0 Å². The minimum Gasteiger partial charge on any atom is -0.481 e. The van der Waals surface area contributed by atoms with E-state index in [9.17, 15) is 4.79 Å². The number of hydrogen-bond acceptors (Lipinski definition) is 2. The van der Waals surface area contributed by atoms with Crippen molar-refractivity contribution in [3.63, 3.8) is 0 Å². The lowest BCUT2D eigenvalue weighted by molar-refractivity contribution is -0.192. The van der Waals surface area contributed by atoms with Crippen LogP contribution in [-0.4, -0.2) is 16.6 Å². The molecule has 2 bridgehead atoms. The van der Waals surface area contributed by atoms with Crippen LogP contribution in [0.15, 0.2) is 0 Å². The van der Waals surface area contributed by atoms with E-state index in [4.69, 9.17) is 5.11 Å². The van der Waals surface area contributed by atoms with Gasteiger partial charge in [-0.05, 0) is 19.3 Å². The zero-order chi connectivity index (χ0) is 7.41. The fourth-order valence-electron chi connectivity index (χ4n) is 2.11. The highest BCUT2D eigenvalue weighted by molar-refractivity contribution is 14.1. The van der Waals surface area contributed by atoms with Gasteiger partial charge in [0, 0.05) is 28.4 Å². The summed E-state index contributed by atoms with van der Waals surface area (Å²) in [5.74, 6) is -0.610. The Morgan fingerprint density at radius 3 is 2.30 bits per heavy atom. The predicted molar refractivity (Wildman–Crippen MR) is 43.8 cm³/mol. The first-order chi connectivity index (χ1) is 4.63.